The molecule has 1 aromatic heterocycles. The van der Waals surface area contributed by atoms with Gasteiger partial charge in [0.15, 0.2) is 11.3 Å². The number of anilines is 1. The summed E-state index contributed by atoms with van der Waals surface area (Å²) >= 11 is 6.85. The molecule has 1 saturated heterocycles. The molecule has 1 aliphatic rings. The fourth-order valence-electron chi connectivity index (χ4n) is 3.13. The first-order chi connectivity index (χ1) is 17.9. The number of nitrogens with two attached hydrogens (primary N) is 1. The Bertz CT molecular complexity index is 1130. The van der Waals surface area contributed by atoms with Crippen LogP contribution in [0, 0.1) is 5.41 Å². The monoisotopic (exact) mass is 616 g/mol. The second-order valence-electron chi connectivity index (χ2n) is 10.0. The van der Waals surface area contributed by atoms with E-state index in [1.165, 1.54) is 13.0 Å². The lowest BCUT2D eigenvalue weighted by atomic mass is 10.00. The highest BCUT2D eigenvalue weighted by Crippen LogP contribution is 2.48. The normalized spacial score (nSPS) is 25.8. The van der Waals surface area contributed by atoms with Gasteiger partial charge in [-0.15, -0.1) is 0 Å². The van der Waals surface area contributed by atoms with Crippen LogP contribution in [-0.2, 0) is 32.7 Å². The maximum absolute atomic E-state index is 15.3. The summed E-state index contributed by atoms with van der Waals surface area (Å²) in [5.41, 5.74) is 3.87. The molecule has 0 unspecified atom stereocenters. The van der Waals surface area contributed by atoms with Gasteiger partial charge in [-0.05, 0) is 26.8 Å². The number of halogens is 2. The molecule has 1 aliphatic heterocycles. The highest BCUT2D eigenvalue weighted by molar-refractivity contribution is 8.13. The van der Waals surface area contributed by atoms with Crippen molar-refractivity contribution in [1.82, 2.24) is 14.6 Å². The molecule has 2 heterocycles. The van der Waals surface area contributed by atoms with Crippen LogP contribution >= 0.6 is 31.1 Å². The van der Waals surface area contributed by atoms with E-state index < -0.39 is 67.1 Å². The number of aliphatic hydroxyl groups excluding tert-OH is 1. The molecule has 2 rings (SSSR count). The fraction of sp³-hybridized carbons (Fsp3) is 0.727. The number of nitrogens with one attached hydrogen (secondary N) is 1. The van der Waals surface area contributed by atoms with Gasteiger partial charge in [-0.2, -0.15) is 4.98 Å². The number of nitrogens with zero attached hydrogens (tertiary/aromatic N) is 2. The van der Waals surface area contributed by atoms with Gasteiger partial charge in [0, 0.05) is 17.4 Å². The number of nitrogen functional groups attached to an aromatic ring is 1. The molecule has 6 atom stereocenters. The van der Waals surface area contributed by atoms with E-state index in [-0.39, 0.29) is 23.3 Å². The van der Waals surface area contributed by atoms with Crippen LogP contribution in [0.15, 0.2) is 17.1 Å². The van der Waals surface area contributed by atoms with Crippen molar-refractivity contribution in [1.29, 1.82) is 0 Å². The minimum atomic E-state index is -4.33. The van der Waals surface area contributed by atoms with Crippen molar-refractivity contribution in [2.45, 2.75) is 77.3 Å². The van der Waals surface area contributed by atoms with Crippen molar-refractivity contribution in [3.63, 3.8) is 0 Å². The number of ether oxygens (including phenoxy) is 2. The van der Waals surface area contributed by atoms with E-state index in [9.17, 15) is 24.1 Å². The summed E-state index contributed by atoms with van der Waals surface area (Å²) in [6, 6.07) is 0.0527. The van der Waals surface area contributed by atoms with Crippen molar-refractivity contribution < 1.29 is 42.2 Å². The molecule has 4 N–H and O–H groups in total. The Hall–Kier alpha value is -1.58. The zero-order chi connectivity index (χ0) is 29.8. The number of hydrogen-bond donors (Lipinski definition) is 3. The largest absolute Gasteiger partial charge is 0.462 e. The summed E-state index contributed by atoms with van der Waals surface area (Å²) in [6.45, 7) is 8.92. The number of esters is 1. The summed E-state index contributed by atoms with van der Waals surface area (Å²) in [5.74, 6) is -0.751. The van der Waals surface area contributed by atoms with Crippen LogP contribution in [0.4, 0.5) is 10.2 Å². The zero-order valence-electron chi connectivity index (χ0n) is 22.5. The molecule has 0 bridgehead atoms. The van der Waals surface area contributed by atoms with Crippen molar-refractivity contribution in [3.05, 3.63) is 22.7 Å². The predicted octanol–water partition coefficient (Wildman–Crippen LogP) is 2.37. The minimum absolute atomic E-state index is 0.114. The van der Waals surface area contributed by atoms with Crippen molar-refractivity contribution >= 4 is 48.0 Å². The number of thioether (sulfide) groups is 1. The summed E-state index contributed by atoms with van der Waals surface area (Å²) in [5, 5.41) is 9.79. The van der Waals surface area contributed by atoms with Gasteiger partial charge >= 0.3 is 19.4 Å². The van der Waals surface area contributed by atoms with Crippen LogP contribution in [0.5, 0.6) is 0 Å². The van der Waals surface area contributed by atoms with E-state index in [2.05, 4.69) is 10.1 Å². The maximum atomic E-state index is 15.3. The van der Waals surface area contributed by atoms with E-state index >= 15 is 4.39 Å². The predicted molar refractivity (Wildman–Crippen MR) is 143 cm³/mol. The number of hydrogen-bond acceptors (Lipinski definition) is 12. The Balaban J connectivity index is 2.16. The summed E-state index contributed by atoms with van der Waals surface area (Å²) in [6.07, 6.45) is -4.73. The lowest BCUT2D eigenvalue weighted by Gasteiger charge is -2.25. The van der Waals surface area contributed by atoms with Gasteiger partial charge in [0.2, 0.25) is 0 Å². The van der Waals surface area contributed by atoms with Gasteiger partial charge < -0.3 is 20.3 Å². The van der Waals surface area contributed by atoms with Crippen molar-refractivity contribution in [3.8, 4) is 0 Å². The molecule has 0 saturated carbocycles. The van der Waals surface area contributed by atoms with Crippen LogP contribution in [0.3, 0.4) is 0 Å². The van der Waals surface area contributed by atoms with Crippen LogP contribution in [-0.4, -0.2) is 74.2 Å². The lowest BCUT2D eigenvalue weighted by Crippen LogP contribution is -2.41. The van der Waals surface area contributed by atoms with Crippen LogP contribution in [0.25, 0.3) is 0 Å². The topological polar surface area (TPSA) is 181 Å². The molecule has 0 aliphatic carbocycles. The number of alkyl halides is 2. The number of carbonyl (C=O) groups excluding carboxylic acids is 2. The van der Waals surface area contributed by atoms with E-state index in [4.69, 9.17) is 35.9 Å². The Morgan fingerprint density at radius 2 is 2.03 bits per heavy atom. The zero-order valence-corrected chi connectivity index (χ0v) is 24.9. The SMILES string of the molecule is CC(C)OC(=O)[C@H](C)N[P@](=O)(OCCSC(=O)C(C)(C)C)OC[C@H]1O[C@@H](n2ccc(N)nc2=O)[C@](F)(Cl)[C@@H]1O. The molecule has 1 fully saturated rings. The molecule has 0 amide bonds. The first-order valence-electron chi connectivity index (χ1n) is 12.0. The van der Waals surface area contributed by atoms with Gasteiger partial charge in [-0.1, -0.05) is 44.1 Å². The third-order valence-corrected chi connectivity index (χ3v) is 8.51. The van der Waals surface area contributed by atoms with Crippen molar-refractivity contribution in [2.75, 3.05) is 24.7 Å². The van der Waals surface area contributed by atoms with Crippen LogP contribution in [0.1, 0.15) is 47.8 Å². The first kappa shape index (κ1) is 33.6. The molecule has 1 aromatic rings. The Labute approximate surface area is 234 Å². The molecular formula is C22H35ClFN4O9PS. The number of carbonyl (C=O) groups is 2. The van der Waals surface area contributed by atoms with E-state index in [1.807, 2.05) is 0 Å². The molecule has 13 nitrogen and oxygen atoms in total. The third kappa shape index (κ3) is 9.22. The average Bonchev–Trinajstić information content (AvgIpc) is 3.03. The molecule has 222 valence electrons. The smallest absolute Gasteiger partial charge is 0.406 e. The fourth-order valence-corrected chi connectivity index (χ4v) is 5.81. The third-order valence-electron chi connectivity index (χ3n) is 5.14. The summed E-state index contributed by atoms with van der Waals surface area (Å²) in [4.78, 5) is 40.1. The molecule has 0 spiro atoms. The van der Waals surface area contributed by atoms with E-state index in [0.717, 1.165) is 18.0 Å². The summed E-state index contributed by atoms with van der Waals surface area (Å²) < 4.78 is 50.8. The summed E-state index contributed by atoms with van der Waals surface area (Å²) in [7, 11) is -4.33. The minimum Gasteiger partial charge on any atom is -0.462 e. The van der Waals surface area contributed by atoms with Gasteiger partial charge in [-0.25, -0.2) is 18.8 Å². The maximum Gasteiger partial charge on any atom is 0.406 e. The highest BCUT2D eigenvalue weighted by atomic mass is 35.5. The molecular weight excluding hydrogens is 582 g/mol. The van der Waals surface area contributed by atoms with Gasteiger partial charge in [0.25, 0.3) is 5.13 Å². The Morgan fingerprint density at radius 3 is 2.59 bits per heavy atom. The average molecular weight is 617 g/mol. The standard InChI is InChI=1S/C22H35ClFN4O9PS/c1-12(2)36-17(30)13(3)27-38(33,34-9-10-39-19(31)21(4,5)6)35-11-14-16(29)22(23,24)18(37-14)28-8-7-15(25)26-20(28)32/h7-8,12-14,16,18,29H,9-11H2,1-6H3,(H,27,33)(H2,25,26,32)/t13-,14+,16+,18+,22-,38-/m0/s1. The van der Waals surface area contributed by atoms with Gasteiger partial charge in [0.05, 0.1) is 19.3 Å². The van der Waals surface area contributed by atoms with Crippen LogP contribution < -0.4 is 16.5 Å². The molecule has 39 heavy (non-hydrogen) atoms. The number of aliphatic hydroxyl groups is 1. The second-order valence-corrected chi connectivity index (χ2v) is 13.5. The Kier molecular flexibility index (Phi) is 11.5. The quantitative estimate of drug-likeness (QED) is 0.135. The molecule has 0 radical (unpaired) electrons. The molecule has 17 heteroatoms. The second kappa shape index (κ2) is 13.4. The highest BCUT2D eigenvalue weighted by Gasteiger charge is 2.58. The van der Waals surface area contributed by atoms with Gasteiger partial charge in [0.1, 0.15) is 24.1 Å². The van der Waals surface area contributed by atoms with Crippen LogP contribution in [0.2, 0.25) is 0 Å². The first-order valence-corrected chi connectivity index (χ1v) is 14.9. The number of rotatable bonds is 12. The van der Waals surface area contributed by atoms with E-state index in [0.29, 0.717) is 4.57 Å². The van der Waals surface area contributed by atoms with Gasteiger partial charge in [-0.3, -0.25) is 23.2 Å². The van der Waals surface area contributed by atoms with Crippen molar-refractivity contribution in [2.24, 2.45) is 5.41 Å². The number of aromatic nitrogens is 2. The molecule has 0 aromatic carbocycles. The van der Waals surface area contributed by atoms with E-state index in [1.54, 1.807) is 34.6 Å². The Morgan fingerprint density at radius 1 is 1.38 bits per heavy atom. The lowest BCUT2D eigenvalue weighted by molar-refractivity contribution is -0.149.